The molecule has 184 valence electrons. The van der Waals surface area contributed by atoms with E-state index in [-0.39, 0.29) is 24.1 Å². The zero-order valence-electron chi connectivity index (χ0n) is 20.3. The highest BCUT2D eigenvalue weighted by molar-refractivity contribution is 6.62. The van der Waals surface area contributed by atoms with Gasteiger partial charge in [-0.3, -0.25) is 0 Å². The van der Waals surface area contributed by atoms with Gasteiger partial charge < -0.3 is 23.9 Å². The summed E-state index contributed by atoms with van der Waals surface area (Å²) in [5.41, 5.74) is 0.266. The maximum absolute atomic E-state index is 9.18. The standard InChI is InChI=1S/C16H22BClO3.C10H11ClO2/c1-15(2)16(3,4)21-17(20-15)12-7-8-13(18)14(9-12)19-10-11-5-6-11;11-9-4-3-8(12)5-10(9)13-6-7-1-2-7/h7-9,11H,5-6,10H2,1-4H3;3-5,7,12H,1-2,6H2. The van der Waals surface area contributed by atoms with E-state index >= 15 is 0 Å². The van der Waals surface area contributed by atoms with Gasteiger partial charge in [-0.25, -0.2) is 0 Å². The minimum Gasteiger partial charge on any atom is -0.508 e. The van der Waals surface area contributed by atoms with E-state index in [1.807, 2.05) is 45.9 Å². The quantitative estimate of drug-likeness (QED) is 0.449. The maximum atomic E-state index is 9.18. The van der Waals surface area contributed by atoms with Crippen LogP contribution in [0.2, 0.25) is 10.0 Å². The van der Waals surface area contributed by atoms with E-state index in [9.17, 15) is 5.11 Å². The van der Waals surface area contributed by atoms with Crippen molar-refractivity contribution in [3.8, 4) is 17.2 Å². The van der Waals surface area contributed by atoms with Gasteiger partial charge in [0.2, 0.25) is 0 Å². The molecule has 1 N–H and O–H groups in total. The second-order valence-electron chi connectivity index (χ2n) is 10.4. The summed E-state index contributed by atoms with van der Waals surface area (Å²) in [6.45, 7) is 9.65. The van der Waals surface area contributed by atoms with E-state index in [1.54, 1.807) is 18.2 Å². The molecule has 0 aromatic heterocycles. The fraction of sp³-hybridized carbons (Fsp3) is 0.538. The van der Waals surface area contributed by atoms with Crippen molar-refractivity contribution in [2.45, 2.75) is 64.6 Å². The molecule has 0 amide bonds. The number of ether oxygens (including phenoxy) is 2. The van der Waals surface area contributed by atoms with Crippen LogP contribution in [0.5, 0.6) is 17.2 Å². The zero-order chi connectivity index (χ0) is 24.5. The molecule has 1 heterocycles. The van der Waals surface area contributed by atoms with Crippen molar-refractivity contribution in [3.63, 3.8) is 0 Å². The topological polar surface area (TPSA) is 57.2 Å². The lowest BCUT2D eigenvalue weighted by atomic mass is 9.79. The van der Waals surface area contributed by atoms with Gasteiger partial charge in [-0.1, -0.05) is 29.3 Å². The Morgan fingerprint density at radius 3 is 1.79 bits per heavy atom. The number of aromatic hydroxyl groups is 1. The normalized spacial score (nSPS) is 20.5. The third kappa shape index (κ3) is 6.54. The van der Waals surface area contributed by atoms with Gasteiger partial charge in [0.05, 0.1) is 34.5 Å². The molecule has 2 saturated carbocycles. The molecule has 2 aromatic carbocycles. The van der Waals surface area contributed by atoms with Crippen molar-refractivity contribution in [1.82, 2.24) is 0 Å². The van der Waals surface area contributed by atoms with Gasteiger partial charge in [0, 0.05) is 6.07 Å². The van der Waals surface area contributed by atoms with Crippen LogP contribution >= 0.6 is 23.2 Å². The molecule has 3 fully saturated rings. The molecule has 1 aliphatic heterocycles. The minimum absolute atomic E-state index is 0.190. The largest absolute Gasteiger partial charge is 0.508 e. The lowest BCUT2D eigenvalue weighted by Crippen LogP contribution is -2.41. The van der Waals surface area contributed by atoms with Crippen LogP contribution < -0.4 is 14.9 Å². The van der Waals surface area contributed by atoms with Crippen LogP contribution in [0.1, 0.15) is 53.4 Å². The minimum atomic E-state index is -0.379. The first kappa shape index (κ1) is 25.5. The van der Waals surface area contributed by atoms with E-state index in [1.165, 1.54) is 25.7 Å². The van der Waals surface area contributed by atoms with Gasteiger partial charge in [-0.15, -0.1) is 0 Å². The van der Waals surface area contributed by atoms with Crippen molar-refractivity contribution in [3.05, 3.63) is 46.4 Å². The van der Waals surface area contributed by atoms with Crippen molar-refractivity contribution in [1.29, 1.82) is 0 Å². The third-order valence-corrected chi connectivity index (χ3v) is 7.36. The van der Waals surface area contributed by atoms with E-state index < -0.39 is 0 Å². The highest BCUT2D eigenvalue weighted by atomic mass is 35.5. The second-order valence-corrected chi connectivity index (χ2v) is 11.2. The van der Waals surface area contributed by atoms with Crippen LogP contribution in [-0.4, -0.2) is 36.6 Å². The maximum Gasteiger partial charge on any atom is 0.494 e. The van der Waals surface area contributed by atoms with Gasteiger partial charge in [0.25, 0.3) is 0 Å². The smallest absolute Gasteiger partial charge is 0.494 e. The number of hydrogen-bond donors (Lipinski definition) is 1. The Hall–Kier alpha value is -1.60. The summed E-state index contributed by atoms with van der Waals surface area (Å²) in [4.78, 5) is 0. The van der Waals surface area contributed by atoms with Crippen molar-refractivity contribution >= 4 is 35.8 Å². The van der Waals surface area contributed by atoms with E-state index in [2.05, 4.69) is 0 Å². The molecule has 2 aliphatic carbocycles. The fourth-order valence-electron chi connectivity index (χ4n) is 3.34. The second kappa shape index (κ2) is 10.2. The Morgan fingerprint density at radius 2 is 1.29 bits per heavy atom. The molecule has 5 rings (SSSR count). The molecule has 0 spiro atoms. The predicted molar refractivity (Wildman–Crippen MR) is 137 cm³/mol. The number of halogens is 2. The average Bonchev–Trinajstić information content (AvgIpc) is 3.68. The molecule has 0 bridgehead atoms. The Balaban J connectivity index is 0.000000180. The molecule has 0 unspecified atom stereocenters. The Morgan fingerprint density at radius 1 is 0.824 bits per heavy atom. The number of hydrogen-bond acceptors (Lipinski definition) is 5. The lowest BCUT2D eigenvalue weighted by Gasteiger charge is -2.32. The summed E-state index contributed by atoms with van der Waals surface area (Å²) in [5.74, 6) is 2.87. The number of benzene rings is 2. The molecular formula is C26H33BCl2O5. The molecule has 8 heteroatoms. The molecule has 3 aliphatic rings. The SMILES string of the molecule is CC1(C)OB(c2ccc(Cl)c(OCC3CC3)c2)OC1(C)C.Oc1ccc(Cl)c(OCC2CC2)c1. The third-order valence-electron chi connectivity index (χ3n) is 6.74. The molecule has 2 aromatic rings. The highest BCUT2D eigenvalue weighted by Gasteiger charge is 2.51. The summed E-state index contributed by atoms with van der Waals surface area (Å²) in [6.07, 6.45) is 5.01. The van der Waals surface area contributed by atoms with Gasteiger partial charge in [-0.05, 0) is 94.9 Å². The van der Waals surface area contributed by atoms with Gasteiger partial charge >= 0.3 is 7.12 Å². The average molecular weight is 507 g/mol. The Kier molecular flexibility index (Phi) is 7.63. The van der Waals surface area contributed by atoms with Gasteiger partial charge in [0.1, 0.15) is 17.2 Å². The predicted octanol–water partition coefficient (Wildman–Crippen LogP) is 6.26. The van der Waals surface area contributed by atoms with E-state index in [4.69, 9.17) is 42.0 Å². The van der Waals surface area contributed by atoms with Crippen LogP contribution in [-0.2, 0) is 9.31 Å². The summed E-state index contributed by atoms with van der Waals surface area (Å²) in [6, 6.07) is 10.5. The van der Waals surface area contributed by atoms with Crippen LogP contribution in [0.4, 0.5) is 0 Å². The summed E-state index contributed by atoms with van der Waals surface area (Å²) in [5, 5.41) is 10.4. The van der Waals surface area contributed by atoms with Crippen molar-refractivity contribution in [2.24, 2.45) is 11.8 Å². The van der Waals surface area contributed by atoms with Crippen molar-refractivity contribution in [2.75, 3.05) is 13.2 Å². The summed E-state index contributed by atoms with van der Waals surface area (Å²) >= 11 is 12.1. The van der Waals surface area contributed by atoms with Crippen LogP contribution in [0.3, 0.4) is 0 Å². The first-order valence-electron chi connectivity index (χ1n) is 11.9. The van der Waals surface area contributed by atoms with E-state index in [0.29, 0.717) is 34.2 Å². The molecule has 0 radical (unpaired) electrons. The number of phenolic OH excluding ortho intramolecular Hbond substituents is 1. The molecular weight excluding hydrogens is 474 g/mol. The van der Waals surface area contributed by atoms with E-state index in [0.717, 1.165) is 17.8 Å². The summed E-state index contributed by atoms with van der Waals surface area (Å²) in [7, 11) is -0.379. The zero-order valence-corrected chi connectivity index (χ0v) is 21.8. The van der Waals surface area contributed by atoms with Crippen LogP contribution in [0.15, 0.2) is 36.4 Å². The lowest BCUT2D eigenvalue weighted by molar-refractivity contribution is 0.00578. The number of phenols is 1. The van der Waals surface area contributed by atoms with Gasteiger partial charge in [-0.2, -0.15) is 0 Å². The first-order valence-corrected chi connectivity index (χ1v) is 12.7. The van der Waals surface area contributed by atoms with Crippen LogP contribution in [0.25, 0.3) is 0 Å². The Bertz CT molecular complexity index is 989. The van der Waals surface area contributed by atoms with Crippen molar-refractivity contribution < 1.29 is 23.9 Å². The summed E-state index contributed by atoms with van der Waals surface area (Å²) < 4.78 is 23.4. The molecule has 5 nitrogen and oxygen atoms in total. The fourth-order valence-corrected chi connectivity index (χ4v) is 3.69. The molecule has 0 atom stereocenters. The molecule has 34 heavy (non-hydrogen) atoms. The Labute approximate surface area is 212 Å². The van der Waals surface area contributed by atoms with Crippen LogP contribution in [0, 0.1) is 11.8 Å². The monoisotopic (exact) mass is 506 g/mol. The first-order chi connectivity index (χ1) is 16.0. The number of rotatable bonds is 7. The van der Waals surface area contributed by atoms with Gasteiger partial charge in [0.15, 0.2) is 0 Å². The highest BCUT2D eigenvalue weighted by Crippen LogP contribution is 2.37. The molecule has 1 saturated heterocycles.